The van der Waals surface area contributed by atoms with Gasteiger partial charge in [0.25, 0.3) is 0 Å². The number of rotatable bonds is 4. The molecule has 0 aromatic carbocycles. The molecule has 1 atom stereocenters. The van der Waals surface area contributed by atoms with E-state index in [0.29, 0.717) is 12.5 Å². The molecule has 1 unspecified atom stereocenters. The number of hydrogen-bond donors (Lipinski definition) is 1. The van der Waals surface area contributed by atoms with Crippen molar-refractivity contribution in [3.63, 3.8) is 0 Å². The summed E-state index contributed by atoms with van der Waals surface area (Å²) in [6.07, 6.45) is 3.19. The zero-order chi connectivity index (χ0) is 8.97. The van der Waals surface area contributed by atoms with E-state index in [1.165, 1.54) is 6.42 Å². The van der Waals surface area contributed by atoms with Crippen LogP contribution < -0.4 is 5.73 Å². The van der Waals surface area contributed by atoms with Crippen molar-refractivity contribution in [2.45, 2.75) is 33.4 Å². The van der Waals surface area contributed by atoms with Gasteiger partial charge in [0.05, 0.1) is 5.69 Å². The Kier molecular flexibility index (Phi) is 3.29. The second-order valence-corrected chi connectivity index (χ2v) is 3.25. The van der Waals surface area contributed by atoms with Gasteiger partial charge in [-0.05, 0) is 12.0 Å². The predicted molar refractivity (Wildman–Crippen MR) is 49.6 cm³/mol. The molecule has 0 spiro atoms. The van der Waals surface area contributed by atoms with Gasteiger partial charge >= 0.3 is 0 Å². The van der Waals surface area contributed by atoms with Gasteiger partial charge < -0.3 is 5.73 Å². The largest absolute Gasteiger partial charge is 0.325 e. The van der Waals surface area contributed by atoms with Crippen molar-refractivity contribution in [2.75, 3.05) is 0 Å². The van der Waals surface area contributed by atoms with E-state index >= 15 is 0 Å². The van der Waals surface area contributed by atoms with E-state index in [1.807, 2.05) is 16.9 Å². The SMILES string of the molecule is CCC(C)Cn1ccc(CN)n1. The van der Waals surface area contributed by atoms with Crippen molar-refractivity contribution < 1.29 is 0 Å². The first-order valence-corrected chi connectivity index (χ1v) is 4.48. The smallest absolute Gasteiger partial charge is 0.0760 e. The maximum atomic E-state index is 5.45. The van der Waals surface area contributed by atoms with Gasteiger partial charge in [0.2, 0.25) is 0 Å². The molecule has 12 heavy (non-hydrogen) atoms. The van der Waals surface area contributed by atoms with Crippen LogP contribution in [0.25, 0.3) is 0 Å². The maximum absolute atomic E-state index is 5.45. The highest BCUT2D eigenvalue weighted by Crippen LogP contribution is 2.04. The Morgan fingerprint density at radius 2 is 2.42 bits per heavy atom. The monoisotopic (exact) mass is 167 g/mol. The fourth-order valence-corrected chi connectivity index (χ4v) is 1.06. The van der Waals surface area contributed by atoms with Crippen LogP contribution in [0.1, 0.15) is 26.0 Å². The van der Waals surface area contributed by atoms with Gasteiger partial charge in [-0.2, -0.15) is 5.10 Å². The Bertz CT molecular complexity index is 229. The summed E-state index contributed by atoms with van der Waals surface area (Å²) in [6, 6.07) is 1.97. The van der Waals surface area contributed by atoms with E-state index in [1.54, 1.807) is 0 Å². The lowest BCUT2D eigenvalue weighted by atomic mass is 10.1. The number of nitrogens with zero attached hydrogens (tertiary/aromatic N) is 2. The third kappa shape index (κ3) is 2.34. The molecule has 1 heterocycles. The Balaban J connectivity index is 2.52. The van der Waals surface area contributed by atoms with Crippen LogP contribution in [0.4, 0.5) is 0 Å². The molecular weight excluding hydrogens is 150 g/mol. The predicted octanol–water partition coefficient (Wildman–Crippen LogP) is 1.39. The third-order valence-electron chi connectivity index (χ3n) is 2.10. The van der Waals surface area contributed by atoms with Crippen LogP contribution in [0, 0.1) is 5.92 Å². The van der Waals surface area contributed by atoms with Crippen LogP contribution in [0.2, 0.25) is 0 Å². The summed E-state index contributed by atoms with van der Waals surface area (Å²) in [4.78, 5) is 0. The Morgan fingerprint density at radius 3 is 2.92 bits per heavy atom. The van der Waals surface area contributed by atoms with E-state index in [2.05, 4.69) is 18.9 Å². The molecule has 0 saturated carbocycles. The molecule has 0 aliphatic heterocycles. The molecule has 1 rings (SSSR count). The van der Waals surface area contributed by atoms with Crippen molar-refractivity contribution in [3.05, 3.63) is 18.0 Å². The molecule has 0 fully saturated rings. The molecule has 0 amide bonds. The first-order chi connectivity index (χ1) is 5.76. The average molecular weight is 167 g/mol. The van der Waals surface area contributed by atoms with Gasteiger partial charge in [-0.25, -0.2) is 0 Å². The minimum absolute atomic E-state index is 0.535. The van der Waals surface area contributed by atoms with Crippen molar-refractivity contribution in [1.82, 2.24) is 9.78 Å². The lowest BCUT2D eigenvalue weighted by Crippen LogP contribution is -2.08. The zero-order valence-corrected chi connectivity index (χ0v) is 7.83. The lowest BCUT2D eigenvalue weighted by molar-refractivity contribution is 0.437. The second kappa shape index (κ2) is 4.26. The van der Waals surface area contributed by atoms with E-state index in [0.717, 1.165) is 12.2 Å². The summed E-state index contributed by atoms with van der Waals surface area (Å²) in [7, 11) is 0. The fourth-order valence-electron chi connectivity index (χ4n) is 1.06. The Labute approximate surface area is 73.6 Å². The van der Waals surface area contributed by atoms with Gasteiger partial charge in [0.1, 0.15) is 0 Å². The first-order valence-electron chi connectivity index (χ1n) is 4.48. The number of aromatic nitrogens is 2. The standard InChI is InChI=1S/C9H17N3/c1-3-8(2)7-12-5-4-9(6-10)11-12/h4-5,8H,3,6-7,10H2,1-2H3. The number of hydrogen-bond acceptors (Lipinski definition) is 2. The van der Waals surface area contributed by atoms with Gasteiger partial charge in [0.15, 0.2) is 0 Å². The molecule has 68 valence electrons. The van der Waals surface area contributed by atoms with Crippen molar-refractivity contribution in [2.24, 2.45) is 11.7 Å². The molecule has 0 radical (unpaired) electrons. The highest BCUT2D eigenvalue weighted by Gasteiger charge is 2.01. The van der Waals surface area contributed by atoms with Crippen LogP contribution in [0.5, 0.6) is 0 Å². The van der Waals surface area contributed by atoms with Gasteiger partial charge in [-0.1, -0.05) is 20.3 Å². The summed E-state index contributed by atoms with van der Waals surface area (Å²) in [5.74, 6) is 0.690. The molecule has 2 N–H and O–H groups in total. The van der Waals surface area contributed by atoms with Crippen LogP contribution >= 0.6 is 0 Å². The summed E-state index contributed by atoms with van der Waals surface area (Å²) in [5, 5.41) is 4.31. The van der Waals surface area contributed by atoms with Crippen LogP contribution in [0.15, 0.2) is 12.3 Å². The molecule has 1 aromatic rings. The highest BCUT2D eigenvalue weighted by atomic mass is 15.3. The normalized spacial score (nSPS) is 13.2. The molecule has 3 nitrogen and oxygen atoms in total. The van der Waals surface area contributed by atoms with Gasteiger partial charge in [0, 0.05) is 19.3 Å². The molecule has 0 aliphatic carbocycles. The molecular formula is C9H17N3. The van der Waals surface area contributed by atoms with E-state index in [9.17, 15) is 0 Å². The van der Waals surface area contributed by atoms with E-state index in [4.69, 9.17) is 5.73 Å². The van der Waals surface area contributed by atoms with Crippen molar-refractivity contribution >= 4 is 0 Å². The molecule has 1 aromatic heterocycles. The van der Waals surface area contributed by atoms with Crippen molar-refractivity contribution in [1.29, 1.82) is 0 Å². The topological polar surface area (TPSA) is 43.8 Å². The summed E-state index contributed by atoms with van der Waals surface area (Å²) >= 11 is 0. The molecule has 0 aliphatic rings. The van der Waals surface area contributed by atoms with Crippen LogP contribution in [-0.4, -0.2) is 9.78 Å². The van der Waals surface area contributed by atoms with Gasteiger partial charge in [-0.3, -0.25) is 4.68 Å². The zero-order valence-electron chi connectivity index (χ0n) is 7.83. The van der Waals surface area contributed by atoms with Crippen molar-refractivity contribution in [3.8, 4) is 0 Å². The quantitative estimate of drug-likeness (QED) is 0.736. The first kappa shape index (κ1) is 9.26. The minimum atomic E-state index is 0.535. The Hall–Kier alpha value is -0.830. The second-order valence-electron chi connectivity index (χ2n) is 3.25. The Morgan fingerprint density at radius 1 is 1.67 bits per heavy atom. The van der Waals surface area contributed by atoms with Crippen LogP contribution in [0.3, 0.4) is 0 Å². The lowest BCUT2D eigenvalue weighted by Gasteiger charge is -2.07. The molecule has 3 heteroatoms. The minimum Gasteiger partial charge on any atom is -0.325 e. The number of nitrogens with two attached hydrogens (primary N) is 1. The van der Waals surface area contributed by atoms with Crippen LogP contribution in [-0.2, 0) is 13.1 Å². The fraction of sp³-hybridized carbons (Fsp3) is 0.667. The van der Waals surface area contributed by atoms with E-state index in [-0.39, 0.29) is 0 Å². The molecule has 0 bridgehead atoms. The summed E-state index contributed by atoms with van der Waals surface area (Å²) in [6.45, 7) is 5.95. The third-order valence-corrected chi connectivity index (χ3v) is 2.10. The highest BCUT2D eigenvalue weighted by molar-refractivity contribution is 4.97. The van der Waals surface area contributed by atoms with E-state index < -0.39 is 0 Å². The van der Waals surface area contributed by atoms with Gasteiger partial charge in [-0.15, -0.1) is 0 Å². The average Bonchev–Trinajstić information content (AvgIpc) is 2.52. The summed E-state index contributed by atoms with van der Waals surface area (Å²) in [5.41, 5.74) is 6.42. The molecule has 0 saturated heterocycles. The summed E-state index contributed by atoms with van der Waals surface area (Å²) < 4.78 is 1.97. The maximum Gasteiger partial charge on any atom is 0.0760 e.